The third-order valence-corrected chi connectivity index (χ3v) is 1.92. The van der Waals surface area contributed by atoms with E-state index in [1.165, 1.54) is 0 Å². The molecule has 66 valence electrons. The van der Waals surface area contributed by atoms with Crippen LogP contribution < -0.4 is 0 Å². The molecule has 1 heterocycles. The number of aromatic nitrogens is 3. The lowest BCUT2D eigenvalue weighted by molar-refractivity contribution is 0.245. The maximum absolute atomic E-state index is 8.98. The van der Waals surface area contributed by atoms with Gasteiger partial charge in [-0.05, 0) is 28.9 Å². The molecule has 0 amide bonds. The summed E-state index contributed by atoms with van der Waals surface area (Å²) in [7, 11) is 1.79. The highest BCUT2D eigenvalue weighted by molar-refractivity contribution is 9.10. The highest BCUT2D eigenvalue weighted by atomic mass is 79.9. The Bertz CT molecular complexity index is 273. The SMILES string of the molecule is CC(O)/C=C/c1c(Br)nnn1C. The molecule has 0 aliphatic carbocycles. The zero-order valence-corrected chi connectivity index (χ0v) is 8.48. The van der Waals surface area contributed by atoms with Crippen molar-refractivity contribution < 1.29 is 5.11 Å². The molecule has 0 bridgehead atoms. The minimum Gasteiger partial charge on any atom is -0.389 e. The Balaban J connectivity index is 2.87. The van der Waals surface area contributed by atoms with Crippen LogP contribution in [0.3, 0.4) is 0 Å². The summed E-state index contributed by atoms with van der Waals surface area (Å²) in [6, 6.07) is 0. The maximum Gasteiger partial charge on any atom is 0.155 e. The first-order valence-corrected chi connectivity index (χ1v) is 4.32. The molecule has 1 aromatic heterocycles. The molecule has 5 heteroatoms. The molecule has 1 N–H and O–H groups in total. The van der Waals surface area contributed by atoms with Gasteiger partial charge in [0.1, 0.15) is 0 Å². The van der Waals surface area contributed by atoms with E-state index in [-0.39, 0.29) is 0 Å². The molecule has 1 unspecified atom stereocenters. The lowest BCUT2D eigenvalue weighted by atomic mass is 10.3. The number of aliphatic hydroxyl groups excluding tert-OH is 1. The molecule has 1 aromatic rings. The largest absolute Gasteiger partial charge is 0.389 e. The van der Waals surface area contributed by atoms with Crippen LogP contribution in [0.5, 0.6) is 0 Å². The Morgan fingerprint density at radius 2 is 2.33 bits per heavy atom. The quantitative estimate of drug-likeness (QED) is 0.826. The van der Waals surface area contributed by atoms with E-state index in [1.807, 2.05) is 0 Å². The highest BCUT2D eigenvalue weighted by Crippen LogP contribution is 2.13. The Kier molecular flexibility index (Phi) is 2.99. The first-order chi connectivity index (χ1) is 5.61. The summed E-state index contributed by atoms with van der Waals surface area (Å²) >= 11 is 3.24. The molecule has 0 aromatic carbocycles. The summed E-state index contributed by atoms with van der Waals surface area (Å²) in [5, 5.41) is 16.6. The molecule has 0 aliphatic heterocycles. The Hall–Kier alpha value is -0.680. The van der Waals surface area contributed by atoms with Gasteiger partial charge in [-0.3, -0.25) is 0 Å². The summed E-state index contributed by atoms with van der Waals surface area (Å²) in [6.07, 6.45) is 2.99. The Morgan fingerprint density at radius 3 is 2.75 bits per heavy atom. The molecule has 0 saturated carbocycles. The fourth-order valence-electron chi connectivity index (χ4n) is 0.746. The lowest BCUT2D eigenvalue weighted by Gasteiger charge is -1.95. The average Bonchev–Trinajstić information content (AvgIpc) is 2.28. The van der Waals surface area contributed by atoms with Gasteiger partial charge in [-0.1, -0.05) is 11.3 Å². The van der Waals surface area contributed by atoms with Gasteiger partial charge in [-0.15, -0.1) is 5.10 Å². The van der Waals surface area contributed by atoms with Crippen LogP contribution in [0.2, 0.25) is 0 Å². The minimum atomic E-state index is -0.452. The van der Waals surface area contributed by atoms with Gasteiger partial charge in [0.2, 0.25) is 0 Å². The van der Waals surface area contributed by atoms with E-state index in [0.29, 0.717) is 4.60 Å². The van der Waals surface area contributed by atoms with Crippen LogP contribution in [-0.2, 0) is 7.05 Å². The highest BCUT2D eigenvalue weighted by Gasteiger charge is 2.02. The normalized spacial score (nSPS) is 14.0. The third-order valence-electron chi connectivity index (χ3n) is 1.36. The van der Waals surface area contributed by atoms with E-state index < -0.39 is 6.10 Å². The molecule has 0 radical (unpaired) electrons. The molecular formula is C7H10BrN3O. The Morgan fingerprint density at radius 1 is 1.67 bits per heavy atom. The van der Waals surface area contributed by atoms with E-state index in [4.69, 9.17) is 5.11 Å². The van der Waals surface area contributed by atoms with Gasteiger partial charge in [0.25, 0.3) is 0 Å². The van der Waals surface area contributed by atoms with E-state index >= 15 is 0 Å². The fourth-order valence-corrected chi connectivity index (χ4v) is 1.21. The molecular weight excluding hydrogens is 222 g/mol. The fraction of sp³-hybridized carbons (Fsp3) is 0.429. The van der Waals surface area contributed by atoms with Crippen LogP contribution in [0.4, 0.5) is 0 Å². The van der Waals surface area contributed by atoms with E-state index in [2.05, 4.69) is 26.2 Å². The summed E-state index contributed by atoms with van der Waals surface area (Å²) in [4.78, 5) is 0. The van der Waals surface area contributed by atoms with Crippen molar-refractivity contribution in [3.63, 3.8) is 0 Å². The minimum absolute atomic E-state index is 0.452. The number of aliphatic hydroxyl groups is 1. The monoisotopic (exact) mass is 231 g/mol. The first kappa shape index (κ1) is 9.41. The van der Waals surface area contributed by atoms with Crippen LogP contribution in [0.25, 0.3) is 6.08 Å². The molecule has 4 nitrogen and oxygen atoms in total. The smallest absolute Gasteiger partial charge is 0.155 e. The van der Waals surface area contributed by atoms with Crippen molar-refractivity contribution in [2.75, 3.05) is 0 Å². The maximum atomic E-state index is 8.98. The average molecular weight is 232 g/mol. The second-order valence-electron chi connectivity index (χ2n) is 2.49. The predicted molar refractivity (Wildman–Crippen MR) is 49.4 cm³/mol. The van der Waals surface area contributed by atoms with E-state index in [9.17, 15) is 0 Å². The van der Waals surface area contributed by atoms with Gasteiger partial charge in [-0.2, -0.15) is 0 Å². The number of hydrogen-bond donors (Lipinski definition) is 1. The van der Waals surface area contributed by atoms with E-state index in [0.717, 1.165) is 5.69 Å². The molecule has 0 saturated heterocycles. The van der Waals surface area contributed by atoms with Gasteiger partial charge in [-0.25, -0.2) is 4.68 Å². The predicted octanol–water partition coefficient (Wildman–Crippen LogP) is 0.972. The van der Waals surface area contributed by atoms with Gasteiger partial charge in [0, 0.05) is 7.05 Å². The van der Waals surface area contributed by atoms with Crippen LogP contribution >= 0.6 is 15.9 Å². The zero-order chi connectivity index (χ0) is 9.14. The summed E-state index contributed by atoms with van der Waals surface area (Å²) in [5.74, 6) is 0. The number of aryl methyl sites for hydroxylation is 1. The van der Waals surface area contributed by atoms with Crippen molar-refractivity contribution in [2.45, 2.75) is 13.0 Å². The first-order valence-electron chi connectivity index (χ1n) is 3.52. The van der Waals surface area contributed by atoms with Crippen molar-refractivity contribution in [1.82, 2.24) is 15.0 Å². The van der Waals surface area contributed by atoms with Crippen LogP contribution in [0.1, 0.15) is 12.6 Å². The Labute approximate surface area is 79.0 Å². The summed E-state index contributed by atoms with van der Waals surface area (Å²) in [5.41, 5.74) is 0.843. The van der Waals surface area contributed by atoms with Crippen molar-refractivity contribution >= 4 is 22.0 Å². The van der Waals surface area contributed by atoms with Gasteiger partial charge >= 0.3 is 0 Å². The topological polar surface area (TPSA) is 50.9 Å². The van der Waals surface area contributed by atoms with Crippen LogP contribution in [-0.4, -0.2) is 26.2 Å². The molecule has 1 rings (SSSR count). The summed E-state index contributed by atoms with van der Waals surface area (Å²) in [6.45, 7) is 1.69. The lowest BCUT2D eigenvalue weighted by Crippen LogP contribution is -1.95. The van der Waals surface area contributed by atoms with E-state index in [1.54, 1.807) is 30.8 Å². The van der Waals surface area contributed by atoms with Gasteiger partial charge in [0.15, 0.2) is 4.60 Å². The van der Waals surface area contributed by atoms with Crippen molar-refractivity contribution in [3.05, 3.63) is 16.4 Å². The van der Waals surface area contributed by atoms with Crippen LogP contribution in [0, 0.1) is 0 Å². The molecule has 0 aliphatic rings. The third kappa shape index (κ3) is 2.15. The van der Waals surface area contributed by atoms with Crippen molar-refractivity contribution in [3.8, 4) is 0 Å². The molecule has 0 spiro atoms. The van der Waals surface area contributed by atoms with Gasteiger partial charge < -0.3 is 5.11 Å². The molecule has 0 fully saturated rings. The zero-order valence-electron chi connectivity index (χ0n) is 6.90. The number of nitrogens with zero attached hydrogens (tertiary/aromatic N) is 3. The standard InChI is InChI=1S/C7H10BrN3O/c1-5(12)3-4-6-7(8)9-10-11(6)2/h3-5,12H,1-2H3/b4-3+. The molecule has 12 heavy (non-hydrogen) atoms. The van der Waals surface area contributed by atoms with Crippen LogP contribution in [0.15, 0.2) is 10.7 Å². The second kappa shape index (κ2) is 3.82. The van der Waals surface area contributed by atoms with Crippen molar-refractivity contribution in [1.29, 1.82) is 0 Å². The van der Waals surface area contributed by atoms with Gasteiger partial charge in [0.05, 0.1) is 11.8 Å². The summed E-state index contributed by atoms with van der Waals surface area (Å²) < 4.78 is 2.31. The number of hydrogen-bond acceptors (Lipinski definition) is 3. The molecule has 1 atom stereocenters. The number of rotatable bonds is 2. The van der Waals surface area contributed by atoms with Crippen molar-refractivity contribution in [2.24, 2.45) is 7.05 Å². The number of halogens is 1. The second-order valence-corrected chi connectivity index (χ2v) is 3.24.